The molecule has 5 heteroatoms. The number of anilines is 1. The molecule has 0 bridgehead atoms. The second-order valence-electron chi connectivity index (χ2n) is 5.15. The zero-order valence-corrected chi connectivity index (χ0v) is 12.6. The largest absolute Gasteiger partial charge is 0.346 e. The molecule has 0 aliphatic carbocycles. The standard InChI is InChI=1S/C17H19N5/c1-2-9-16(14-10-5-3-6-11-14)18-17-19-20-21-22(17)15-12-7-4-8-13-15/h3-8,10-13,16H,2,9H2,1H3,(H,18,19,21)/t16-/m0/s1. The van der Waals surface area contributed by atoms with Crippen LogP contribution in [-0.2, 0) is 0 Å². The molecule has 0 fully saturated rings. The van der Waals surface area contributed by atoms with Gasteiger partial charge in [-0.05, 0) is 34.5 Å². The van der Waals surface area contributed by atoms with E-state index in [1.807, 2.05) is 36.4 Å². The molecule has 0 aliphatic rings. The van der Waals surface area contributed by atoms with E-state index in [9.17, 15) is 0 Å². The summed E-state index contributed by atoms with van der Waals surface area (Å²) in [5.74, 6) is 0.661. The van der Waals surface area contributed by atoms with Crippen LogP contribution in [0.5, 0.6) is 0 Å². The number of rotatable bonds is 6. The summed E-state index contributed by atoms with van der Waals surface area (Å²) in [7, 11) is 0. The van der Waals surface area contributed by atoms with Gasteiger partial charge < -0.3 is 5.32 Å². The smallest absolute Gasteiger partial charge is 0.248 e. The summed E-state index contributed by atoms with van der Waals surface area (Å²) in [4.78, 5) is 0. The Labute approximate surface area is 130 Å². The molecule has 112 valence electrons. The second-order valence-corrected chi connectivity index (χ2v) is 5.15. The molecule has 0 unspecified atom stereocenters. The molecule has 1 heterocycles. The summed E-state index contributed by atoms with van der Waals surface area (Å²) < 4.78 is 1.73. The Morgan fingerprint density at radius 3 is 2.36 bits per heavy atom. The van der Waals surface area contributed by atoms with Crippen molar-refractivity contribution >= 4 is 5.95 Å². The molecular weight excluding hydrogens is 274 g/mol. The number of nitrogens with one attached hydrogen (secondary N) is 1. The van der Waals surface area contributed by atoms with Gasteiger partial charge in [0.05, 0.1) is 11.7 Å². The number of para-hydroxylation sites is 1. The minimum Gasteiger partial charge on any atom is -0.346 e. The third kappa shape index (κ3) is 3.14. The van der Waals surface area contributed by atoms with Crippen LogP contribution >= 0.6 is 0 Å². The van der Waals surface area contributed by atoms with Crippen molar-refractivity contribution in [2.24, 2.45) is 0 Å². The molecule has 3 rings (SSSR count). The lowest BCUT2D eigenvalue weighted by Crippen LogP contribution is -2.14. The van der Waals surface area contributed by atoms with Gasteiger partial charge in [-0.15, -0.1) is 0 Å². The number of hydrogen-bond acceptors (Lipinski definition) is 4. The number of tetrazole rings is 1. The van der Waals surface area contributed by atoms with Gasteiger partial charge in [0.2, 0.25) is 5.95 Å². The normalized spacial score (nSPS) is 12.0. The Kier molecular flexibility index (Phi) is 4.44. The maximum atomic E-state index is 4.13. The van der Waals surface area contributed by atoms with E-state index in [1.165, 1.54) is 5.56 Å². The van der Waals surface area contributed by atoms with Crippen molar-refractivity contribution in [1.29, 1.82) is 0 Å². The Balaban J connectivity index is 1.87. The van der Waals surface area contributed by atoms with Gasteiger partial charge in [-0.1, -0.05) is 67.0 Å². The third-order valence-corrected chi connectivity index (χ3v) is 3.55. The van der Waals surface area contributed by atoms with E-state index in [0.29, 0.717) is 5.95 Å². The van der Waals surface area contributed by atoms with E-state index in [1.54, 1.807) is 4.68 Å². The Morgan fingerprint density at radius 1 is 1.00 bits per heavy atom. The first-order chi connectivity index (χ1) is 10.9. The van der Waals surface area contributed by atoms with E-state index in [-0.39, 0.29) is 6.04 Å². The zero-order valence-electron chi connectivity index (χ0n) is 12.6. The van der Waals surface area contributed by atoms with Gasteiger partial charge in [0.1, 0.15) is 0 Å². The quantitative estimate of drug-likeness (QED) is 0.754. The number of benzene rings is 2. The lowest BCUT2D eigenvalue weighted by Gasteiger charge is -2.18. The maximum Gasteiger partial charge on any atom is 0.248 e. The van der Waals surface area contributed by atoms with Crippen LogP contribution in [0.2, 0.25) is 0 Å². The summed E-state index contributed by atoms with van der Waals surface area (Å²) in [6.07, 6.45) is 2.10. The lowest BCUT2D eigenvalue weighted by atomic mass is 10.0. The third-order valence-electron chi connectivity index (χ3n) is 3.55. The fourth-order valence-corrected chi connectivity index (χ4v) is 2.47. The maximum absolute atomic E-state index is 4.13. The van der Waals surface area contributed by atoms with Crippen LogP contribution in [0.3, 0.4) is 0 Å². The van der Waals surface area contributed by atoms with Gasteiger partial charge >= 0.3 is 0 Å². The van der Waals surface area contributed by atoms with Gasteiger partial charge in [-0.25, -0.2) is 0 Å². The fourth-order valence-electron chi connectivity index (χ4n) is 2.47. The van der Waals surface area contributed by atoms with E-state index in [2.05, 4.69) is 52.0 Å². The number of nitrogens with zero attached hydrogens (tertiary/aromatic N) is 4. The van der Waals surface area contributed by atoms with E-state index in [4.69, 9.17) is 0 Å². The molecule has 1 aromatic heterocycles. The van der Waals surface area contributed by atoms with Crippen LogP contribution in [0.25, 0.3) is 5.69 Å². The van der Waals surface area contributed by atoms with Crippen LogP contribution in [0, 0.1) is 0 Å². The first kappa shape index (κ1) is 14.3. The predicted octanol–water partition coefficient (Wildman–Crippen LogP) is 3.62. The van der Waals surface area contributed by atoms with Crippen molar-refractivity contribution < 1.29 is 0 Å². The first-order valence-corrected chi connectivity index (χ1v) is 7.53. The summed E-state index contributed by atoms with van der Waals surface area (Å²) in [5.41, 5.74) is 2.19. The minimum absolute atomic E-state index is 0.194. The molecule has 1 atom stereocenters. The van der Waals surface area contributed by atoms with E-state index in [0.717, 1.165) is 18.5 Å². The topological polar surface area (TPSA) is 55.6 Å². The van der Waals surface area contributed by atoms with Crippen molar-refractivity contribution in [1.82, 2.24) is 20.2 Å². The summed E-state index contributed by atoms with van der Waals surface area (Å²) in [6.45, 7) is 2.18. The van der Waals surface area contributed by atoms with Crippen molar-refractivity contribution in [2.75, 3.05) is 5.32 Å². The van der Waals surface area contributed by atoms with Gasteiger partial charge in [0.25, 0.3) is 0 Å². The Bertz CT molecular complexity index is 693. The van der Waals surface area contributed by atoms with Crippen molar-refractivity contribution in [2.45, 2.75) is 25.8 Å². The highest BCUT2D eigenvalue weighted by atomic mass is 15.6. The van der Waals surface area contributed by atoms with Crippen LogP contribution in [0.15, 0.2) is 60.7 Å². The highest BCUT2D eigenvalue weighted by Gasteiger charge is 2.15. The van der Waals surface area contributed by atoms with Gasteiger partial charge in [0, 0.05) is 0 Å². The van der Waals surface area contributed by atoms with Gasteiger partial charge in [0.15, 0.2) is 0 Å². The van der Waals surface area contributed by atoms with E-state index >= 15 is 0 Å². The highest BCUT2D eigenvalue weighted by Crippen LogP contribution is 2.23. The fraction of sp³-hybridized carbons (Fsp3) is 0.235. The molecule has 3 aromatic rings. The van der Waals surface area contributed by atoms with Gasteiger partial charge in [-0.2, -0.15) is 4.68 Å². The number of aromatic nitrogens is 4. The highest BCUT2D eigenvalue weighted by molar-refractivity contribution is 5.40. The monoisotopic (exact) mass is 293 g/mol. The van der Waals surface area contributed by atoms with Crippen LogP contribution < -0.4 is 5.32 Å². The molecule has 5 nitrogen and oxygen atoms in total. The Hall–Kier alpha value is -2.69. The molecule has 0 radical (unpaired) electrons. The second kappa shape index (κ2) is 6.85. The van der Waals surface area contributed by atoms with Crippen LogP contribution in [-0.4, -0.2) is 20.2 Å². The molecule has 22 heavy (non-hydrogen) atoms. The average molecular weight is 293 g/mol. The summed E-state index contributed by atoms with van der Waals surface area (Å²) >= 11 is 0. The molecule has 1 N–H and O–H groups in total. The molecular formula is C17H19N5. The Morgan fingerprint density at radius 2 is 1.68 bits per heavy atom. The van der Waals surface area contributed by atoms with Gasteiger partial charge in [-0.3, -0.25) is 0 Å². The first-order valence-electron chi connectivity index (χ1n) is 7.53. The van der Waals surface area contributed by atoms with Crippen LogP contribution in [0.4, 0.5) is 5.95 Å². The molecule has 0 spiro atoms. The zero-order chi connectivity index (χ0) is 15.2. The molecule has 0 saturated heterocycles. The predicted molar refractivity (Wildman–Crippen MR) is 86.9 cm³/mol. The lowest BCUT2D eigenvalue weighted by molar-refractivity contribution is 0.666. The summed E-state index contributed by atoms with van der Waals surface area (Å²) in [5, 5.41) is 15.5. The average Bonchev–Trinajstić information content (AvgIpc) is 3.04. The number of hydrogen-bond donors (Lipinski definition) is 1. The van der Waals surface area contributed by atoms with Crippen molar-refractivity contribution in [3.63, 3.8) is 0 Å². The molecule has 0 aliphatic heterocycles. The van der Waals surface area contributed by atoms with Crippen LogP contribution in [0.1, 0.15) is 31.4 Å². The minimum atomic E-state index is 0.194. The molecule has 2 aromatic carbocycles. The van der Waals surface area contributed by atoms with E-state index < -0.39 is 0 Å². The van der Waals surface area contributed by atoms with Crippen molar-refractivity contribution in [3.8, 4) is 5.69 Å². The van der Waals surface area contributed by atoms with Crippen molar-refractivity contribution in [3.05, 3.63) is 66.2 Å². The SMILES string of the molecule is CCC[C@H](Nc1nnnn1-c1ccccc1)c1ccccc1. The molecule has 0 amide bonds. The molecule has 0 saturated carbocycles. The summed E-state index contributed by atoms with van der Waals surface area (Å²) in [6, 6.07) is 20.5.